The first-order chi connectivity index (χ1) is 23.2. The van der Waals surface area contributed by atoms with Crippen LogP contribution < -0.4 is 14.8 Å². The standard InChI is InChI=1S/C20H23F3O3.C7H13NO.C6H13N.C5H12O3S/c1-15(13-24)14-26-19-9-5-17(6-10-19)20(22,23)16-3-7-18(8-4-16)25-12-2-11-21;1-5-6(9)8-7(2,3)4;1-6(2,3)7-4-5-7;1-5(2,3)8-9(4,6)7/h3-10,15,24H,2,11-14H2,1H3;5H,1H2,2-4H3,(H,8,9);4-5H2,1-3H3;1-4H3. The molecule has 0 aromatic heterocycles. The Hall–Kier alpha value is -3.13. The minimum absolute atomic E-state index is 0.00361. The van der Waals surface area contributed by atoms with Gasteiger partial charge < -0.3 is 19.9 Å². The molecule has 1 unspecified atom stereocenters. The monoisotopic (exact) mass is 746 g/mol. The molecule has 9 nitrogen and oxygen atoms in total. The predicted molar refractivity (Wildman–Crippen MR) is 199 cm³/mol. The van der Waals surface area contributed by atoms with Gasteiger partial charge in [-0.05, 0) is 117 Å². The van der Waals surface area contributed by atoms with Crippen molar-refractivity contribution in [2.45, 2.75) is 98.3 Å². The minimum atomic E-state index is -3.28. The molecule has 292 valence electrons. The second-order valence-corrected chi connectivity index (χ2v) is 16.7. The quantitative estimate of drug-likeness (QED) is 0.0993. The Morgan fingerprint density at radius 1 is 0.922 bits per heavy atom. The molecule has 0 radical (unpaired) electrons. The van der Waals surface area contributed by atoms with Crippen LogP contribution in [-0.4, -0.2) is 86.9 Å². The van der Waals surface area contributed by atoms with E-state index in [0.29, 0.717) is 23.6 Å². The molecule has 0 saturated carbocycles. The lowest BCUT2D eigenvalue weighted by molar-refractivity contribution is -0.117. The summed E-state index contributed by atoms with van der Waals surface area (Å²) in [4.78, 5) is 13.0. The van der Waals surface area contributed by atoms with Crippen LogP contribution in [0.15, 0.2) is 61.2 Å². The molecule has 1 aliphatic heterocycles. The number of amides is 1. The maximum absolute atomic E-state index is 14.7. The van der Waals surface area contributed by atoms with Gasteiger partial charge in [-0.1, -0.05) is 13.5 Å². The molecule has 1 fully saturated rings. The second-order valence-electron chi connectivity index (χ2n) is 15.1. The van der Waals surface area contributed by atoms with E-state index >= 15 is 0 Å². The Morgan fingerprint density at radius 2 is 1.37 bits per heavy atom. The Labute approximate surface area is 304 Å². The third-order valence-corrected chi connectivity index (χ3v) is 7.11. The Kier molecular flexibility index (Phi) is 20.1. The lowest BCUT2D eigenvalue weighted by Crippen LogP contribution is -2.39. The van der Waals surface area contributed by atoms with Crippen molar-refractivity contribution in [2.24, 2.45) is 5.92 Å². The van der Waals surface area contributed by atoms with Crippen LogP contribution in [0.2, 0.25) is 0 Å². The molecule has 1 amide bonds. The summed E-state index contributed by atoms with van der Waals surface area (Å²) in [5.74, 6) is -2.40. The zero-order valence-corrected chi connectivity index (χ0v) is 33.1. The number of nitrogens with one attached hydrogen (secondary N) is 1. The van der Waals surface area contributed by atoms with Gasteiger partial charge in [-0.3, -0.25) is 18.3 Å². The summed E-state index contributed by atoms with van der Waals surface area (Å²) < 4.78 is 77.5. The van der Waals surface area contributed by atoms with E-state index in [2.05, 4.69) is 41.7 Å². The number of benzene rings is 2. The number of aliphatic hydroxyl groups is 1. The molecule has 13 heteroatoms. The van der Waals surface area contributed by atoms with Gasteiger partial charge in [-0.2, -0.15) is 17.2 Å². The smallest absolute Gasteiger partial charge is 0.298 e. The van der Waals surface area contributed by atoms with Crippen molar-refractivity contribution in [2.75, 3.05) is 45.8 Å². The van der Waals surface area contributed by atoms with Crippen LogP contribution in [0.1, 0.15) is 86.8 Å². The summed E-state index contributed by atoms with van der Waals surface area (Å²) in [6.07, 6.45) is 2.58. The van der Waals surface area contributed by atoms with Gasteiger partial charge in [-0.15, -0.1) is 0 Å². The summed E-state index contributed by atoms with van der Waals surface area (Å²) in [7, 11) is -3.28. The molecule has 51 heavy (non-hydrogen) atoms. The third-order valence-electron chi connectivity index (χ3n) is 6.31. The van der Waals surface area contributed by atoms with Crippen molar-refractivity contribution in [1.29, 1.82) is 0 Å². The van der Waals surface area contributed by atoms with E-state index in [9.17, 15) is 26.4 Å². The lowest BCUT2D eigenvalue weighted by atomic mass is 10.0. The summed E-state index contributed by atoms with van der Waals surface area (Å²) in [6, 6.07) is 11.1. The summed E-state index contributed by atoms with van der Waals surface area (Å²) in [6.45, 7) is 25.4. The molecule has 0 bridgehead atoms. The maximum Gasteiger partial charge on any atom is 0.298 e. The van der Waals surface area contributed by atoms with E-state index in [0.717, 1.165) is 6.26 Å². The first-order valence-corrected chi connectivity index (χ1v) is 18.7. The van der Waals surface area contributed by atoms with Gasteiger partial charge in [0.05, 0.1) is 31.7 Å². The van der Waals surface area contributed by atoms with Gasteiger partial charge in [0, 0.05) is 54.2 Å². The zero-order chi connectivity index (χ0) is 39.7. The highest BCUT2D eigenvalue weighted by Gasteiger charge is 2.34. The van der Waals surface area contributed by atoms with Gasteiger partial charge in [0.15, 0.2) is 0 Å². The van der Waals surface area contributed by atoms with Crippen LogP contribution in [0.3, 0.4) is 0 Å². The second kappa shape index (κ2) is 21.4. The number of nitrogens with zero attached hydrogens (tertiary/aromatic N) is 1. The molecule has 3 rings (SSSR count). The Morgan fingerprint density at radius 3 is 1.63 bits per heavy atom. The number of ether oxygens (including phenoxy) is 2. The minimum Gasteiger partial charge on any atom is -0.494 e. The predicted octanol–water partition coefficient (Wildman–Crippen LogP) is 7.52. The van der Waals surface area contributed by atoms with Gasteiger partial charge in [0.2, 0.25) is 5.91 Å². The summed E-state index contributed by atoms with van der Waals surface area (Å²) in [5.41, 5.74) is -0.608. The maximum atomic E-state index is 14.7. The molecule has 1 saturated heterocycles. The number of hydrogen-bond donors (Lipinski definition) is 2. The van der Waals surface area contributed by atoms with Gasteiger partial charge in [0.25, 0.3) is 16.0 Å². The van der Waals surface area contributed by atoms with Crippen molar-refractivity contribution in [1.82, 2.24) is 10.2 Å². The largest absolute Gasteiger partial charge is 0.494 e. The van der Waals surface area contributed by atoms with Crippen molar-refractivity contribution in [3.05, 3.63) is 72.3 Å². The molecule has 2 N–H and O–H groups in total. The number of halogens is 3. The van der Waals surface area contributed by atoms with Crippen LogP contribution in [0.4, 0.5) is 13.2 Å². The molecule has 1 heterocycles. The van der Waals surface area contributed by atoms with Crippen molar-refractivity contribution < 1.29 is 45.1 Å². The van der Waals surface area contributed by atoms with Gasteiger partial charge in [-0.25, -0.2) is 0 Å². The number of carbonyl (C=O) groups is 1. The first kappa shape index (κ1) is 47.9. The normalized spacial score (nSPS) is 13.9. The van der Waals surface area contributed by atoms with E-state index in [4.69, 9.17) is 14.6 Å². The molecule has 1 atom stereocenters. The molecule has 2 aromatic carbocycles. The van der Waals surface area contributed by atoms with Crippen molar-refractivity contribution in [3.8, 4) is 11.5 Å². The van der Waals surface area contributed by atoms with Crippen LogP contribution >= 0.6 is 0 Å². The summed E-state index contributed by atoms with van der Waals surface area (Å²) >= 11 is 0. The highest BCUT2D eigenvalue weighted by atomic mass is 32.2. The average Bonchev–Trinajstić information content (AvgIpc) is 3.85. The number of hydrogen-bond acceptors (Lipinski definition) is 8. The molecular formula is C38H61F3N2O7S. The fraction of sp³-hybridized carbons (Fsp3) is 0.605. The Bertz CT molecular complexity index is 1400. The van der Waals surface area contributed by atoms with Crippen LogP contribution in [0.5, 0.6) is 11.5 Å². The van der Waals surface area contributed by atoms with Crippen LogP contribution in [0.25, 0.3) is 0 Å². The number of carbonyl (C=O) groups excluding carboxylic acids is 1. The summed E-state index contributed by atoms with van der Waals surface area (Å²) in [5, 5.41) is 11.7. The van der Waals surface area contributed by atoms with E-state index in [-0.39, 0.29) is 48.1 Å². The SMILES string of the molecule is C=CC(=O)NC(C)(C)C.CC(C)(C)N1CC1.CC(C)(C)OS(C)(=O)=O.CC(CO)COc1ccc(C(F)(F)c2ccc(OCCCF)cc2)cc1. The molecule has 0 aliphatic carbocycles. The molecule has 1 aliphatic rings. The van der Waals surface area contributed by atoms with E-state index in [1.165, 1.54) is 67.7 Å². The number of rotatable bonds is 12. The number of aliphatic hydroxyl groups excluding tert-OH is 1. The lowest BCUT2D eigenvalue weighted by Gasteiger charge is -2.18. The fourth-order valence-electron chi connectivity index (χ4n) is 3.82. The van der Waals surface area contributed by atoms with Crippen LogP contribution in [0, 0.1) is 5.92 Å². The first-order valence-electron chi connectivity index (χ1n) is 16.9. The Balaban J connectivity index is 0.000000810. The fourth-order valence-corrected chi connectivity index (χ4v) is 4.73. The van der Waals surface area contributed by atoms with E-state index in [1.54, 1.807) is 20.8 Å². The molecule has 2 aromatic rings. The third kappa shape index (κ3) is 23.9. The van der Waals surface area contributed by atoms with Gasteiger partial charge >= 0.3 is 0 Å². The highest BCUT2D eigenvalue weighted by Crippen LogP contribution is 2.37. The highest BCUT2D eigenvalue weighted by molar-refractivity contribution is 7.86. The topological polar surface area (TPSA) is 114 Å². The molecule has 0 spiro atoms. The van der Waals surface area contributed by atoms with E-state index < -0.39 is 28.3 Å². The van der Waals surface area contributed by atoms with E-state index in [1.807, 2.05) is 27.7 Å². The average molecular weight is 747 g/mol. The zero-order valence-electron chi connectivity index (χ0n) is 32.3. The molecular weight excluding hydrogens is 685 g/mol. The van der Waals surface area contributed by atoms with Crippen LogP contribution in [-0.2, 0) is 25.0 Å². The van der Waals surface area contributed by atoms with Crippen molar-refractivity contribution >= 4 is 16.0 Å². The number of alkyl halides is 3. The van der Waals surface area contributed by atoms with Gasteiger partial charge in [0.1, 0.15) is 11.5 Å². The van der Waals surface area contributed by atoms with Crippen molar-refractivity contribution in [3.63, 3.8) is 0 Å².